The molecule has 0 spiro atoms. The molecule has 0 radical (unpaired) electrons. The molecular formula is C17H30N2O2S2. The molecule has 2 aliphatic heterocycles. The van der Waals surface area contributed by atoms with E-state index in [1.165, 1.54) is 37.0 Å². The van der Waals surface area contributed by atoms with Gasteiger partial charge < -0.3 is 4.74 Å². The molecule has 2 heterocycles. The minimum absolute atomic E-state index is 0.0559. The number of carbonyl (C=O) groups is 1. The summed E-state index contributed by atoms with van der Waals surface area (Å²) in [7, 11) is 1.64. The maximum absolute atomic E-state index is 12.6. The number of ether oxygens (including phenoxy) is 1. The normalized spacial score (nSPS) is 26.7. The quantitative estimate of drug-likeness (QED) is 0.346. The second kappa shape index (κ2) is 9.35. The van der Waals surface area contributed by atoms with Gasteiger partial charge in [-0.25, -0.2) is 0 Å². The first-order chi connectivity index (χ1) is 11.2. The van der Waals surface area contributed by atoms with Crippen molar-refractivity contribution in [2.24, 2.45) is 0 Å². The molecule has 2 aliphatic rings. The monoisotopic (exact) mass is 358 g/mol. The predicted molar refractivity (Wildman–Crippen MR) is 100 cm³/mol. The van der Waals surface area contributed by atoms with E-state index < -0.39 is 5.72 Å². The zero-order chi connectivity index (χ0) is 16.7. The highest BCUT2D eigenvalue weighted by atomic mass is 32.2. The van der Waals surface area contributed by atoms with Crippen LogP contribution in [0.1, 0.15) is 52.4 Å². The van der Waals surface area contributed by atoms with Crippen LogP contribution in [0.3, 0.4) is 0 Å². The van der Waals surface area contributed by atoms with Crippen molar-refractivity contribution in [3.05, 3.63) is 11.1 Å². The third-order valence-electron chi connectivity index (χ3n) is 4.34. The van der Waals surface area contributed by atoms with E-state index in [0.29, 0.717) is 0 Å². The molecule has 1 N–H and O–H groups in total. The number of nitrogens with zero attached hydrogens (tertiary/aromatic N) is 1. The minimum Gasteiger partial charge on any atom is -0.352 e. The molecule has 1 fully saturated rings. The van der Waals surface area contributed by atoms with Crippen molar-refractivity contribution >= 4 is 29.4 Å². The summed E-state index contributed by atoms with van der Waals surface area (Å²) >= 11 is 3.71. The van der Waals surface area contributed by atoms with Gasteiger partial charge in [-0.3, -0.25) is 15.0 Å². The highest BCUT2D eigenvalue weighted by molar-refractivity contribution is 8.06. The summed E-state index contributed by atoms with van der Waals surface area (Å²) in [5.41, 5.74) is -0.812. The van der Waals surface area contributed by atoms with Gasteiger partial charge in [0.15, 0.2) is 0 Å². The van der Waals surface area contributed by atoms with Crippen LogP contribution in [-0.4, -0.2) is 47.1 Å². The van der Waals surface area contributed by atoms with E-state index in [9.17, 15) is 4.79 Å². The number of unbranched alkanes of at least 4 members (excludes halogenated alkanes) is 4. The van der Waals surface area contributed by atoms with E-state index in [1.807, 2.05) is 34.6 Å². The summed E-state index contributed by atoms with van der Waals surface area (Å²) in [6.45, 7) is 5.24. The number of amides is 1. The fourth-order valence-electron chi connectivity index (χ4n) is 2.92. The lowest BCUT2D eigenvalue weighted by Crippen LogP contribution is -2.78. The van der Waals surface area contributed by atoms with Crippen LogP contribution in [-0.2, 0) is 9.53 Å². The van der Waals surface area contributed by atoms with Gasteiger partial charge in [-0.1, -0.05) is 39.5 Å². The van der Waals surface area contributed by atoms with E-state index in [4.69, 9.17) is 4.74 Å². The summed E-state index contributed by atoms with van der Waals surface area (Å²) < 4.78 is 5.62. The predicted octanol–water partition coefficient (Wildman–Crippen LogP) is 3.79. The van der Waals surface area contributed by atoms with Gasteiger partial charge in [0.2, 0.25) is 5.72 Å². The third-order valence-corrected chi connectivity index (χ3v) is 6.99. The smallest absolute Gasteiger partial charge is 0.278 e. The van der Waals surface area contributed by atoms with Crippen LogP contribution in [0.15, 0.2) is 11.1 Å². The fraction of sp³-hybridized carbons (Fsp3) is 0.824. The molecule has 1 saturated heterocycles. The van der Waals surface area contributed by atoms with Crippen LogP contribution in [0.25, 0.3) is 0 Å². The summed E-state index contributed by atoms with van der Waals surface area (Å²) in [6, 6.07) is 0. The van der Waals surface area contributed by atoms with E-state index in [0.717, 1.165) is 24.5 Å². The minimum atomic E-state index is -0.812. The lowest BCUT2D eigenvalue weighted by Gasteiger charge is -2.54. The highest BCUT2D eigenvalue weighted by Crippen LogP contribution is 2.45. The Morgan fingerprint density at radius 2 is 2.09 bits per heavy atom. The number of nitrogens with one attached hydrogen (secondary N) is 1. The van der Waals surface area contributed by atoms with Crippen molar-refractivity contribution in [3.8, 4) is 0 Å². The van der Waals surface area contributed by atoms with E-state index in [2.05, 4.69) is 19.2 Å². The Kier molecular flexibility index (Phi) is 7.79. The van der Waals surface area contributed by atoms with Crippen molar-refractivity contribution in [2.75, 3.05) is 25.2 Å². The molecule has 0 aromatic carbocycles. The Bertz CT molecular complexity index is 431. The Morgan fingerprint density at radius 3 is 2.78 bits per heavy atom. The van der Waals surface area contributed by atoms with Crippen LogP contribution in [0, 0.1) is 0 Å². The van der Waals surface area contributed by atoms with Crippen molar-refractivity contribution < 1.29 is 9.53 Å². The topological polar surface area (TPSA) is 41.6 Å². The van der Waals surface area contributed by atoms with Gasteiger partial charge in [0.25, 0.3) is 5.91 Å². The van der Waals surface area contributed by atoms with Crippen LogP contribution in [0.4, 0.5) is 0 Å². The van der Waals surface area contributed by atoms with Crippen molar-refractivity contribution in [1.29, 1.82) is 0 Å². The highest BCUT2D eigenvalue weighted by Gasteiger charge is 2.62. The summed E-state index contributed by atoms with van der Waals surface area (Å²) in [6.07, 6.45) is 9.28. The van der Waals surface area contributed by atoms with Crippen LogP contribution in [0.2, 0.25) is 0 Å². The second-order valence-corrected chi connectivity index (χ2v) is 8.39. The Morgan fingerprint density at radius 1 is 1.35 bits per heavy atom. The molecule has 23 heavy (non-hydrogen) atoms. The molecule has 4 nitrogen and oxygen atoms in total. The van der Waals surface area contributed by atoms with Crippen molar-refractivity contribution in [3.63, 3.8) is 0 Å². The second-order valence-electron chi connectivity index (χ2n) is 6.10. The van der Waals surface area contributed by atoms with Gasteiger partial charge in [-0.15, -0.1) is 23.5 Å². The van der Waals surface area contributed by atoms with E-state index in [-0.39, 0.29) is 11.3 Å². The van der Waals surface area contributed by atoms with Crippen molar-refractivity contribution in [2.45, 2.75) is 63.5 Å². The fourth-order valence-corrected chi connectivity index (χ4v) is 5.48. The Hall–Kier alpha value is -0.170. The van der Waals surface area contributed by atoms with Gasteiger partial charge in [0, 0.05) is 24.0 Å². The van der Waals surface area contributed by atoms with Crippen LogP contribution >= 0.6 is 23.5 Å². The van der Waals surface area contributed by atoms with Gasteiger partial charge in [-0.2, -0.15) is 0 Å². The number of β-lactam (4-membered cyclic amide) rings is 1. The van der Waals surface area contributed by atoms with Crippen LogP contribution in [0.5, 0.6) is 0 Å². The van der Waals surface area contributed by atoms with Gasteiger partial charge >= 0.3 is 0 Å². The number of thioether (sulfide) groups is 2. The molecule has 2 atom stereocenters. The maximum Gasteiger partial charge on any atom is 0.278 e. The molecule has 0 aromatic heterocycles. The lowest BCUT2D eigenvalue weighted by atomic mass is 10.0. The summed E-state index contributed by atoms with van der Waals surface area (Å²) in [5, 5.41) is 3.44. The van der Waals surface area contributed by atoms with Gasteiger partial charge in [0.05, 0.1) is 0 Å². The zero-order valence-corrected chi connectivity index (χ0v) is 16.2. The Labute approximate surface area is 149 Å². The molecular weight excluding hydrogens is 328 g/mol. The number of hydrogen-bond acceptors (Lipinski definition) is 5. The SMILES string of the molecule is CCCCCN[C@]1(OC)C(=O)N2C=C(SCCCCC)CS[C@@H]21. The molecule has 0 unspecified atom stereocenters. The number of carbonyl (C=O) groups excluding carboxylic acids is 1. The average molecular weight is 359 g/mol. The molecule has 2 rings (SSSR count). The molecule has 132 valence electrons. The average Bonchev–Trinajstić information content (AvgIpc) is 2.58. The lowest BCUT2D eigenvalue weighted by molar-refractivity contribution is -0.187. The van der Waals surface area contributed by atoms with Crippen molar-refractivity contribution in [1.82, 2.24) is 10.2 Å². The first-order valence-electron chi connectivity index (χ1n) is 8.77. The maximum atomic E-state index is 12.6. The first-order valence-corrected chi connectivity index (χ1v) is 10.8. The number of methoxy groups -OCH3 is 1. The van der Waals surface area contributed by atoms with E-state index in [1.54, 1.807) is 7.11 Å². The molecule has 0 saturated carbocycles. The van der Waals surface area contributed by atoms with E-state index >= 15 is 0 Å². The Balaban J connectivity index is 1.87. The first kappa shape index (κ1) is 19.2. The van der Waals surface area contributed by atoms with Gasteiger partial charge in [0.1, 0.15) is 5.37 Å². The molecule has 0 bridgehead atoms. The van der Waals surface area contributed by atoms with Gasteiger partial charge in [-0.05, 0) is 25.1 Å². The number of fused-ring (bicyclic) bond motifs is 1. The molecule has 1 amide bonds. The standard InChI is InChI=1S/C17H30N2O2S2/c1-4-6-8-10-18-17(21-3)15(20)19-12-14(13-23-16(17)19)22-11-9-7-5-2/h12,16,18H,4-11,13H2,1-3H3/t16-,17+/m1/s1. The zero-order valence-electron chi connectivity index (χ0n) is 14.6. The number of hydrogen-bond donors (Lipinski definition) is 1. The molecule has 0 aliphatic carbocycles. The number of rotatable bonds is 11. The largest absolute Gasteiger partial charge is 0.352 e. The molecule has 0 aromatic rings. The summed E-state index contributed by atoms with van der Waals surface area (Å²) in [5.74, 6) is 2.19. The third kappa shape index (κ3) is 4.27. The molecule has 6 heteroatoms. The summed E-state index contributed by atoms with van der Waals surface area (Å²) in [4.78, 5) is 15.8. The van der Waals surface area contributed by atoms with Crippen LogP contribution < -0.4 is 5.32 Å².